The molecule has 4 nitrogen and oxygen atoms in total. The van der Waals surface area contributed by atoms with Gasteiger partial charge in [-0.15, -0.1) is 0 Å². The van der Waals surface area contributed by atoms with Crippen LogP contribution < -0.4 is 10.1 Å². The molecule has 0 atom stereocenters. The summed E-state index contributed by atoms with van der Waals surface area (Å²) in [6.07, 6.45) is 2.94. The van der Waals surface area contributed by atoms with Gasteiger partial charge in [-0.05, 0) is 43.7 Å². The van der Waals surface area contributed by atoms with Crippen molar-refractivity contribution in [1.29, 1.82) is 0 Å². The number of aromatic nitrogens is 1. The summed E-state index contributed by atoms with van der Waals surface area (Å²) in [4.78, 5) is 4.26. The predicted molar refractivity (Wildman–Crippen MR) is 74.8 cm³/mol. The van der Waals surface area contributed by atoms with Crippen LogP contribution in [0.3, 0.4) is 0 Å². The summed E-state index contributed by atoms with van der Waals surface area (Å²) in [6.45, 7) is 5.68. The second kappa shape index (κ2) is 6.59. The number of ether oxygens (including phenoxy) is 1. The summed E-state index contributed by atoms with van der Waals surface area (Å²) in [6, 6.07) is 5.41. The third-order valence-corrected chi connectivity index (χ3v) is 2.83. The smallest absolute Gasteiger partial charge is 0.399 e. The summed E-state index contributed by atoms with van der Waals surface area (Å²) in [5, 5.41) is 3.93. The van der Waals surface area contributed by atoms with E-state index in [1.54, 1.807) is 18.4 Å². The Morgan fingerprint density at radius 3 is 3.00 bits per heavy atom. The lowest BCUT2D eigenvalue weighted by molar-refractivity contribution is 0.329. The van der Waals surface area contributed by atoms with Crippen molar-refractivity contribution in [3.8, 4) is 11.8 Å². The highest BCUT2D eigenvalue weighted by Crippen LogP contribution is 2.26. The molecular weight excluding hydrogens is 264 g/mol. The maximum atomic E-state index is 5.89. The SMILES string of the molecule is CCCNCc1coc(Oc2ccc(Cl)cc2C)n1. The first-order valence-electron chi connectivity index (χ1n) is 6.28. The Labute approximate surface area is 117 Å². The number of aryl methyl sites for hydroxylation is 1. The van der Waals surface area contributed by atoms with Crippen LogP contribution in [0.15, 0.2) is 28.9 Å². The van der Waals surface area contributed by atoms with Gasteiger partial charge < -0.3 is 14.5 Å². The van der Waals surface area contributed by atoms with Gasteiger partial charge in [-0.25, -0.2) is 0 Å². The zero-order chi connectivity index (χ0) is 13.7. The highest BCUT2D eigenvalue weighted by Gasteiger charge is 2.08. The molecule has 1 heterocycles. The standard InChI is InChI=1S/C14H17ClN2O2/c1-3-6-16-8-12-9-18-14(17-12)19-13-5-4-11(15)7-10(13)2/h4-5,7,9,16H,3,6,8H2,1-2H3. The maximum absolute atomic E-state index is 5.89. The van der Waals surface area contributed by atoms with E-state index in [0.29, 0.717) is 17.3 Å². The fourth-order valence-electron chi connectivity index (χ4n) is 1.63. The van der Waals surface area contributed by atoms with Crippen molar-refractivity contribution in [3.05, 3.63) is 40.7 Å². The lowest BCUT2D eigenvalue weighted by atomic mass is 10.2. The van der Waals surface area contributed by atoms with Crippen molar-refractivity contribution in [1.82, 2.24) is 10.3 Å². The summed E-state index contributed by atoms with van der Waals surface area (Å²) in [5.74, 6) is 0.694. The summed E-state index contributed by atoms with van der Waals surface area (Å²) < 4.78 is 10.9. The van der Waals surface area contributed by atoms with Crippen molar-refractivity contribution >= 4 is 11.6 Å². The minimum absolute atomic E-state index is 0.249. The van der Waals surface area contributed by atoms with Crippen LogP contribution in [0, 0.1) is 6.92 Å². The largest absolute Gasteiger partial charge is 0.417 e. The summed E-state index contributed by atoms with van der Waals surface area (Å²) in [5.41, 5.74) is 1.77. The average Bonchev–Trinajstić information content (AvgIpc) is 2.81. The van der Waals surface area contributed by atoms with Crippen LogP contribution in [-0.4, -0.2) is 11.5 Å². The topological polar surface area (TPSA) is 47.3 Å². The molecule has 0 aliphatic carbocycles. The fraction of sp³-hybridized carbons (Fsp3) is 0.357. The van der Waals surface area contributed by atoms with Gasteiger partial charge in [0.25, 0.3) is 0 Å². The maximum Gasteiger partial charge on any atom is 0.399 e. The summed E-state index contributed by atoms with van der Waals surface area (Å²) >= 11 is 5.89. The Bertz CT molecular complexity index is 540. The van der Waals surface area contributed by atoms with Crippen LogP contribution in [0.1, 0.15) is 24.6 Å². The van der Waals surface area contributed by atoms with Crippen molar-refractivity contribution < 1.29 is 9.15 Å². The van der Waals surface area contributed by atoms with Gasteiger partial charge in [-0.2, -0.15) is 4.98 Å². The molecule has 0 aliphatic rings. The van der Waals surface area contributed by atoms with Crippen LogP contribution in [0.25, 0.3) is 0 Å². The van der Waals surface area contributed by atoms with Gasteiger partial charge in [0.05, 0.1) is 5.69 Å². The highest BCUT2D eigenvalue weighted by molar-refractivity contribution is 6.30. The van der Waals surface area contributed by atoms with Crippen LogP contribution in [0.4, 0.5) is 0 Å². The van der Waals surface area contributed by atoms with Crippen LogP contribution in [-0.2, 0) is 6.54 Å². The molecule has 0 amide bonds. The molecule has 19 heavy (non-hydrogen) atoms. The number of rotatable bonds is 6. The van der Waals surface area contributed by atoms with E-state index in [4.69, 9.17) is 20.8 Å². The highest BCUT2D eigenvalue weighted by atomic mass is 35.5. The van der Waals surface area contributed by atoms with E-state index in [9.17, 15) is 0 Å². The Kier molecular flexibility index (Phi) is 4.82. The van der Waals surface area contributed by atoms with E-state index in [0.717, 1.165) is 24.2 Å². The third kappa shape index (κ3) is 3.98. The Morgan fingerprint density at radius 1 is 1.42 bits per heavy atom. The predicted octanol–water partition coefficient (Wildman–Crippen LogP) is 3.93. The number of halogens is 1. The van der Waals surface area contributed by atoms with E-state index in [-0.39, 0.29) is 6.08 Å². The van der Waals surface area contributed by atoms with Crippen LogP contribution in [0.5, 0.6) is 11.8 Å². The molecule has 0 aliphatic heterocycles. The first-order chi connectivity index (χ1) is 9.19. The van der Waals surface area contributed by atoms with Crippen molar-refractivity contribution in [2.45, 2.75) is 26.8 Å². The van der Waals surface area contributed by atoms with E-state index >= 15 is 0 Å². The number of benzene rings is 1. The number of hydrogen-bond acceptors (Lipinski definition) is 4. The lowest BCUT2D eigenvalue weighted by Gasteiger charge is -2.04. The normalized spacial score (nSPS) is 10.7. The molecule has 1 N–H and O–H groups in total. The average molecular weight is 281 g/mol. The molecule has 1 aromatic heterocycles. The van der Waals surface area contributed by atoms with Crippen molar-refractivity contribution in [2.75, 3.05) is 6.54 Å². The van der Waals surface area contributed by atoms with Crippen LogP contribution >= 0.6 is 11.6 Å². The lowest BCUT2D eigenvalue weighted by Crippen LogP contribution is -2.13. The third-order valence-electron chi connectivity index (χ3n) is 2.60. The van der Waals surface area contributed by atoms with E-state index in [1.165, 1.54) is 0 Å². The van der Waals surface area contributed by atoms with Gasteiger partial charge in [0.15, 0.2) is 0 Å². The number of hydrogen-bond donors (Lipinski definition) is 1. The zero-order valence-corrected chi connectivity index (χ0v) is 11.8. The Morgan fingerprint density at radius 2 is 2.26 bits per heavy atom. The number of nitrogens with zero attached hydrogens (tertiary/aromatic N) is 1. The van der Waals surface area contributed by atoms with Gasteiger partial charge >= 0.3 is 6.08 Å². The van der Waals surface area contributed by atoms with Gasteiger partial charge in [-0.3, -0.25) is 0 Å². The number of oxazole rings is 1. The molecule has 1 aromatic carbocycles. The number of nitrogens with one attached hydrogen (secondary N) is 1. The molecule has 0 saturated carbocycles. The molecule has 102 valence electrons. The first-order valence-corrected chi connectivity index (χ1v) is 6.66. The molecule has 0 unspecified atom stereocenters. The van der Waals surface area contributed by atoms with E-state index in [2.05, 4.69) is 17.2 Å². The minimum Gasteiger partial charge on any atom is -0.417 e. The fourth-order valence-corrected chi connectivity index (χ4v) is 1.86. The second-order valence-corrected chi connectivity index (χ2v) is 4.73. The first kappa shape index (κ1) is 13.9. The monoisotopic (exact) mass is 280 g/mol. The zero-order valence-electron chi connectivity index (χ0n) is 11.1. The summed E-state index contributed by atoms with van der Waals surface area (Å²) in [7, 11) is 0. The van der Waals surface area contributed by atoms with Gasteiger partial charge in [0.1, 0.15) is 12.0 Å². The molecule has 2 rings (SSSR count). The molecule has 2 aromatic rings. The Hall–Kier alpha value is -1.52. The van der Waals surface area contributed by atoms with Gasteiger partial charge in [0.2, 0.25) is 0 Å². The van der Waals surface area contributed by atoms with Gasteiger partial charge in [-0.1, -0.05) is 18.5 Å². The minimum atomic E-state index is 0.249. The molecule has 0 spiro atoms. The van der Waals surface area contributed by atoms with E-state index in [1.807, 2.05) is 13.0 Å². The molecule has 5 heteroatoms. The second-order valence-electron chi connectivity index (χ2n) is 4.29. The van der Waals surface area contributed by atoms with Crippen LogP contribution in [0.2, 0.25) is 5.02 Å². The van der Waals surface area contributed by atoms with Crippen molar-refractivity contribution in [2.24, 2.45) is 0 Å². The molecule has 0 radical (unpaired) electrons. The quantitative estimate of drug-likeness (QED) is 0.815. The molecule has 0 fully saturated rings. The molecular formula is C14H17ClN2O2. The van der Waals surface area contributed by atoms with Crippen molar-refractivity contribution in [3.63, 3.8) is 0 Å². The Balaban J connectivity index is 1.99. The molecule has 0 saturated heterocycles. The van der Waals surface area contributed by atoms with E-state index < -0.39 is 0 Å². The van der Waals surface area contributed by atoms with Gasteiger partial charge in [0, 0.05) is 11.6 Å². The molecule has 0 bridgehead atoms.